The average Bonchev–Trinajstić information content (AvgIpc) is 3.05. The normalized spacial score (nSPS) is 21.8. The maximum atomic E-state index is 12.0. The molecule has 4 nitrogen and oxygen atoms in total. The van der Waals surface area contributed by atoms with E-state index in [1.54, 1.807) is 6.07 Å². The summed E-state index contributed by atoms with van der Waals surface area (Å²) in [5, 5.41) is 4.78. The molecule has 18 heavy (non-hydrogen) atoms. The summed E-state index contributed by atoms with van der Waals surface area (Å²) in [4.78, 5) is 16.2. The van der Waals surface area contributed by atoms with Crippen molar-refractivity contribution >= 4 is 22.5 Å². The maximum Gasteiger partial charge on any atom is 0.270 e. The van der Waals surface area contributed by atoms with Gasteiger partial charge in [-0.2, -0.15) is 0 Å². The van der Waals surface area contributed by atoms with Crippen molar-refractivity contribution in [3.63, 3.8) is 0 Å². The Morgan fingerprint density at radius 1 is 1.44 bits per heavy atom. The van der Waals surface area contributed by atoms with E-state index in [0.29, 0.717) is 23.5 Å². The van der Waals surface area contributed by atoms with E-state index in [1.165, 1.54) is 0 Å². The molecule has 0 bridgehead atoms. The zero-order valence-corrected chi connectivity index (χ0v) is 10.2. The second-order valence-electron chi connectivity index (χ2n) is 4.91. The van der Waals surface area contributed by atoms with E-state index < -0.39 is 0 Å². The van der Waals surface area contributed by atoms with Crippen LogP contribution in [-0.4, -0.2) is 16.9 Å². The number of carbonyl (C=O) groups excluding carboxylic acids is 1. The number of amides is 1. The van der Waals surface area contributed by atoms with Crippen molar-refractivity contribution in [1.82, 2.24) is 10.3 Å². The van der Waals surface area contributed by atoms with Crippen LogP contribution in [-0.2, 0) is 0 Å². The van der Waals surface area contributed by atoms with Crippen LogP contribution >= 0.6 is 0 Å². The predicted molar refractivity (Wildman–Crippen MR) is 71.2 cm³/mol. The lowest BCUT2D eigenvalue weighted by atomic mass is 10.1. The van der Waals surface area contributed by atoms with Crippen LogP contribution in [0.1, 0.15) is 23.8 Å². The topological polar surface area (TPSA) is 68.0 Å². The molecule has 0 spiro atoms. The summed E-state index contributed by atoms with van der Waals surface area (Å²) in [5.41, 5.74) is 6.27. The Balaban J connectivity index is 1.94. The SMILES string of the molecule is CC1CC1NC(=O)c1cc2ccccc2c(N)n1. The van der Waals surface area contributed by atoms with Gasteiger partial charge in [0.05, 0.1) is 0 Å². The van der Waals surface area contributed by atoms with Crippen molar-refractivity contribution in [2.45, 2.75) is 19.4 Å². The Labute approximate surface area is 105 Å². The molecule has 1 aliphatic carbocycles. The van der Waals surface area contributed by atoms with Gasteiger partial charge in [-0.1, -0.05) is 31.2 Å². The van der Waals surface area contributed by atoms with Crippen LogP contribution in [0.5, 0.6) is 0 Å². The van der Waals surface area contributed by atoms with E-state index in [4.69, 9.17) is 5.73 Å². The Bertz CT molecular complexity index is 623. The number of nitrogens with zero attached hydrogens (tertiary/aromatic N) is 1. The number of benzene rings is 1. The van der Waals surface area contributed by atoms with Gasteiger partial charge in [0.15, 0.2) is 0 Å². The second kappa shape index (κ2) is 3.98. The van der Waals surface area contributed by atoms with Gasteiger partial charge in [0, 0.05) is 11.4 Å². The Kier molecular flexibility index (Phi) is 2.44. The molecule has 2 aromatic rings. The molecular weight excluding hydrogens is 226 g/mol. The fraction of sp³-hybridized carbons (Fsp3) is 0.286. The molecule has 3 rings (SSSR count). The number of nitrogens with one attached hydrogen (secondary N) is 1. The van der Waals surface area contributed by atoms with E-state index >= 15 is 0 Å². The Morgan fingerprint density at radius 2 is 2.17 bits per heavy atom. The number of fused-ring (bicyclic) bond motifs is 1. The lowest BCUT2D eigenvalue weighted by Crippen LogP contribution is -2.27. The quantitative estimate of drug-likeness (QED) is 0.844. The van der Waals surface area contributed by atoms with Crippen LogP contribution in [0, 0.1) is 5.92 Å². The second-order valence-corrected chi connectivity index (χ2v) is 4.91. The summed E-state index contributed by atoms with van der Waals surface area (Å²) < 4.78 is 0. The zero-order valence-electron chi connectivity index (χ0n) is 10.2. The monoisotopic (exact) mass is 241 g/mol. The van der Waals surface area contributed by atoms with E-state index in [-0.39, 0.29) is 5.91 Å². The van der Waals surface area contributed by atoms with E-state index in [2.05, 4.69) is 17.2 Å². The fourth-order valence-electron chi connectivity index (χ4n) is 2.11. The molecule has 0 radical (unpaired) electrons. The third-order valence-electron chi connectivity index (χ3n) is 3.43. The third kappa shape index (κ3) is 1.90. The first kappa shape index (κ1) is 11.0. The summed E-state index contributed by atoms with van der Waals surface area (Å²) >= 11 is 0. The van der Waals surface area contributed by atoms with Crippen LogP contribution in [0.4, 0.5) is 5.82 Å². The van der Waals surface area contributed by atoms with Crippen molar-refractivity contribution in [1.29, 1.82) is 0 Å². The highest BCUT2D eigenvalue weighted by molar-refractivity contribution is 6.00. The number of anilines is 1. The van der Waals surface area contributed by atoms with Gasteiger partial charge in [-0.05, 0) is 23.8 Å². The Hall–Kier alpha value is -2.10. The predicted octanol–water partition coefficient (Wildman–Crippen LogP) is 1.96. The van der Waals surface area contributed by atoms with Crippen LogP contribution < -0.4 is 11.1 Å². The van der Waals surface area contributed by atoms with Gasteiger partial charge in [0.1, 0.15) is 11.5 Å². The van der Waals surface area contributed by atoms with Crippen molar-refractivity contribution in [2.75, 3.05) is 5.73 Å². The number of nitrogens with two attached hydrogens (primary N) is 1. The van der Waals surface area contributed by atoms with Crippen molar-refractivity contribution in [3.05, 3.63) is 36.0 Å². The van der Waals surface area contributed by atoms with Crippen molar-refractivity contribution in [3.8, 4) is 0 Å². The maximum absolute atomic E-state index is 12.0. The van der Waals surface area contributed by atoms with E-state index in [0.717, 1.165) is 17.2 Å². The van der Waals surface area contributed by atoms with Gasteiger partial charge in [0.2, 0.25) is 0 Å². The standard InChI is InChI=1S/C14H15N3O/c1-8-6-11(8)17-14(18)12-7-9-4-2-3-5-10(9)13(15)16-12/h2-5,7-8,11H,6H2,1H3,(H2,15,16)(H,17,18). The summed E-state index contributed by atoms with van der Waals surface area (Å²) in [6, 6.07) is 9.76. The van der Waals surface area contributed by atoms with Gasteiger partial charge >= 0.3 is 0 Å². The van der Waals surface area contributed by atoms with E-state index in [9.17, 15) is 4.79 Å². The molecular formula is C14H15N3O. The molecule has 1 aromatic heterocycles. The number of hydrogen-bond donors (Lipinski definition) is 2. The summed E-state index contributed by atoms with van der Waals surface area (Å²) in [6.07, 6.45) is 1.05. The van der Waals surface area contributed by atoms with Crippen LogP contribution in [0.2, 0.25) is 0 Å². The molecule has 0 saturated heterocycles. The Morgan fingerprint density at radius 3 is 2.89 bits per heavy atom. The number of rotatable bonds is 2. The first-order chi connectivity index (χ1) is 8.65. The molecule has 3 N–H and O–H groups in total. The first-order valence-corrected chi connectivity index (χ1v) is 6.11. The highest BCUT2D eigenvalue weighted by Crippen LogP contribution is 2.29. The molecule has 2 atom stereocenters. The number of carbonyl (C=O) groups is 1. The highest BCUT2D eigenvalue weighted by Gasteiger charge is 2.34. The number of pyridine rings is 1. The minimum Gasteiger partial charge on any atom is -0.383 e. The highest BCUT2D eigenvalue weighted by atomic mass is 16.2. The molecule has 1 aliphatic rings. The zero-order chi connectivity index (χ0) is 12.7. The van der Waals surface area contributed by atoms with Gasteiger partial charge in [-0.25, -0.2) is 4.98 Å². The van der Waals surface area contributed by atoms with Crippen LogP contribution in [0.25, 0.3) is 10.8 Å². The average molecular weight is 241 g/mol. The molecule has 1 heterocycles. The van der Waals surface area contributed by atoms with Gasteiger partial charge in [-0.3, -0.25) is 4.79 Å². The molecule has 1 saturated carbocycles. The molecule has 1 aromatic carbocycles. The van der Waals surface area contributed by atoms with Gasteiger partial charge in [0.25, 0.3) is 5.91 Å². The molecule has 92 valence electrons. The third-order valence-corrected chi connectivity index (χ3v) is 3.43. The number of nitrogen functional groups attached to an aromatic ring is 1. The lowest BCUT2D eigenvalue weighted by Gasteiger charge is -2.06. The number of aromatic nitrogens is 1. The molecule has 1 amide bonds. The summed E-state index contributed by atoms with van der Waals surface area (Å²) in [5.74, 6) is 0.843. The van der Waals surface area contributed by atoms with Gasteiger partial charge in [-0.15, -0.1) is 0 Å². The minimum absolute atomic E-state index is 0.137. The van der Waals surface area contributed by atoms with Crippen LogP contribution in [0.3, 0.4) is 0 Å². The summed E-state index contributed by atoms with van der Waals surface area (Å²) in [6.45, 7) is 2.12. The van der Waals surface area contributed by atoms with Crippen LogP contribution in [0.15, 0.2) is 30.3 Å². The smallest absolute Gasteiger partial charge is 0.270 e. The van der Waals surface area contributed by atoms with Gasteiger partial charge < -0.3 is 11.1 Å². The van der Waals surface area contributed by atoms with Crippen molar-refractivity contribution < 1.29 is 4.79 Å². The minimum atomic E-state index is -0.137. The fourth-order valence-corrected chi connectivity index (χ4v) is 2.11. The largest absolute Gasteiger partial charge is 0.383 e. The first-order valence-electron chi connectivity index (χ1n) is 6.11. The van der Waals surface area contributed by atoms with E-state index in [1.807, 2.05) is 24.3 Å². The lowest BCUT2D eigenvalue weighted by molar-refractivity contribution is 0.0944. The molecule has 1 fully saturated rings. The molecule has 2 unspecified atom stereocenters. The van der Waals surface area contributed by atoms with Crippen molar-refractivity contribution in [2.24, 2.45) is 5.92 Å². The molecule has 0 aliphatic heterocycles. The summed E-state index contributed by atoms with van der Waals surface area (Å²) in [7, 11) is 0. The molecule has 4 heteroatoms. The number of hydrogen-bond acceptors (Lipinski definition) is 3.